The Morgan fingerprint density at radius 1 is 1.69 bits per heavy atom. The lowest BCUT2D eigenvalue weighted by Crippen LogP contribution is -2.16. The van der Waals surface area contributed by atoms with Crippen molar-refractivity contribution in [3.8, 4) is 0 Å². The van der Waals surface area contributed by atoms with Gasteiger partial charge in [-0.05, 0) is 0 Å². The van der Waals surface area contributed by atoms with E-state index in [2.05, 4.69) is 10.2 Å². The summed E-state index contributed by atoms with van der Waals surface area (Å²) in [6, 6.07) is 0. The molecule has 5 heteroatoms. The van der Waals surface area contributed by atoms with Crippen molar-refractivity contribution in [2.75, 3.05) is 20.3 Å². The first kappa shape index (κ1) is 10.1. The number of methoxy groups -OCH3 is 1. The van der Waals surface area contributed by atoms with Crippen molar-refractivity contribution >= 4 is 0 Å². The van der Waals surface area contributed by atoms with Crippen LogP contribution in [0, 0.1) is 0 Å². The molecular formula is C8H16N4O. The molecule has 74 valence electrons. The third kappa shape index (κ3) is 2.50. The maximum Gasteiger partial charge on any atom is 0.136 e. The number of nitrogens with zero attached hydrogens (tertiary/aromatic N) is 3. The molecule has 0 aliphatic carbocycles. The largest absolute Gasteiger partial charge is 0.383 e. The molecule has 0 saturated heterocycles. The second-order valence-electron chi connectivity index (χ2n) is 3.01. The van der Waals surface area contributed by atoms with Crippen molar-refractivity contribution in [2.45, 2.75) is 19.4 Å². The van der Waals surface area contributed by atoms with Crippen LogP contribution in [0.25, 0.3) is 0 Å². The van der Waals surface area contributed by atoms with Gasteiger partial charge in [-0.15, -0.1) is 10.2 Å². The molecule has 13 heavy (non-hydrogen) atoms. The molecular weight excluding hydrogens is 168 g/mol. The summed E-state index contributed by atoms with van der Waals surface area (Å²) in [6.45, 7) is 4.07. The molecule has 1 unspecified atom stereocenters. The number of aromatic nitrogens is 3. The van der Waals surface area contributed by atoms with Crippen LogP contribution in [0.5, 0.6) is 0 Å². The van der Waals surface area contributed by atoms with Crippen molar-refractivity contribution in [2.24, 2.45) is 5.73 Å². The summed E-state index contributed by atoms with van der Waals surface area (Å²) in [7, 11) is 1.68. The van der Waals surface area contributed by atoms with Gasteiger partial charge in [-0.3, -0.25) is 0 Å². The molecule has 0 spiro atoms. The molecule has 0 aliphatic heterocycles. The summed E-state index contributed by atoms with van der Waals surface area (Å²) in [4.78, 5) is 0. The average molecular weight is 184 g/mol. The van der Waals surface area contributed by atoms with E-state index in [9.17, 15) is 0 Å². The van der Waals surface area contributed by atoms with Gasteiger partial charge in [0.2, 0.25) is 0 Å². The van der Waals surface area contributed by atoms with Gasteiger partial charge in [0.05, 0.1) is 6.61 Å². The lowest BCUT2D eigenvalue weighted by Gasteiger charge is -2.09. The van der Waals surface area contributed by atoms with Crippen molar-refractivity contribution in [3.05, 3.63) is 12.2 Å². The summed E-state index contributed by atoms with van der Waals surface area (Å²) >= 11 is 0. The molecule has 1 atom stereocenters. The van der Waals surface area contributed by atoms with Crippen LogP contribution < -0.4 is 5.73 Å². The maximum atomic E-state index is 5.55. The van der Waals surface area contributed by atoms with E-state index in [-0.39, 0.29) is 5.92 Å². The Morgan fingerprint density at radius 2 is 2.46 bits per heavy atom. The first-order valence-electron chi connectivity index (χ1n) is 4.36. The first-order valence-corrected chi connectivity index (χ1v) is 4.36. The Bertz CT molecular complexity index is 248. The number of hydrogen-bond acceptors (Lipinski definition) is 4. The highest BCUT2D eigenvalue weighted by atomic mass is 16.5. The second kappa shape index (κ2) is 4.94. The third-order valence-corrected chi connectivity index (χ3v) is 1.98. The minimum Gasteiger partial charge on any atom is -0.383 e. The summed E-state index contributed by atoms with van der Waals surface area (Å²) in [5.74, 6) is 1.18. The highest BCUT2D eigenvalue weighted by Crippen LogP contribution is 2.09. The smallest absolute Gasteiger partial charge is 0.136 e. The molecule has 0 amide bonds. The monoisotopic (exact) mass is 184 g/mol. The molecule has 0 saturated carbocycles. The highest BCUT2D eigenvalue weighted by Gasteiger charge is 2.10. The Balaban J connectivity index is 2.65. The normalized spacial score (nSPS) is 13.2. The zero-order valence-corrected chi connectivity index (χ0v) is 8.10. The minimum atomic E-state index is 0.249. The second-order valence-corrected chi connectivity index (χ2v) is 3.01. The molecule has 1 rings (SSSR count). The molecule has 1 aromatic heterocycles. The predicted octanol–water partition coefficient (Wildman–Crippen LogP) is -0.0133. The summed E-state index contributed by atoms with van der Waals surface area (Å²) in [6.07, 6.45) is 1.71. The van der Waals surface area contributed by atoms with Crippen LogP contribution in [-0.2, 0) is 11.3 Å². The van der Waals surface area contributed by atoms with Crippen LogP contribution in [0.4, 0.5) is 0 Å². The van der Waals surface area contributed by atoms with Crippen LogP contribution in [0.2, 0.25) is 0 Å². The van der Waals surface area contributed by atoms with Crippen LogP contribution in [-0.4, -0.2) is 35.0 Å². The lowest BCUT2D eigenvalue weighted by atomic mass is 10.2. The summed E-state index contributed by atoms with van der Waals surface area (Å²) < 4.78 is 6.95. The van der Waals surface area contributed by atoms with Crippen LogP contribution >= 0.6 is 0 Å². The van der Waals surface area contributed by atoms with Gasteiger partial charge >= 0.3 is 0 Å². The van der Waals surface area contributed by atoms with Gasteiger partial charge in [0, 0.05) is 26.1 Å². The molecule has 0 radical (unpaired) electrons. The number of nitrogens with two attached hydrogens (primary N) is 1. The van der Waals surface area contributed by atoms with E-state index >= 15 is 0 Å². The maximum absolute atomic E-state index is 5.55. The highest BCUT2D eigenvalue weighted by molar-refractivity contribution is 4.94. The Morgan fingerprint density at radius 3 is 3.08 bits per heavy atom. The molecule has 1 heterocycles. The van der Waals surface area contributed by atoms with Crippen LogP contribution in [0.15, 0.2) is 6.33 Å². The Kier molecular flexibility index (Phi) is 3.85. The van der Waals surface area contributed by atoms with Crippen LogP contribution in [0.1, 0.15) is 18.7 Å². The molecule has 0 aromatic carbocycles. The molecule has 1 aromatic rings. The molecule has 0 fully saturated rings. The van der Waals surface area contributed by atoms with Gasteiger partial charge in [-0.2, -0.15) is 0 Å². The molecule has 2 N–H and O–H groups in total. The first-order chi connectivity index (χ1) is 6.29. The fourth-order valence-corrected chi connectivity index (χ4v) is 1.11. The van der Waals surface area contributed by atoms with Gasteiger partial charge in [0.25, 0.3) is 0 Å². The fraction of sp³-hybridized carbons (Fsp3) is 0.750. The predicted molar refractivity (Wildman–Crippen MR) is 49.4 cm³/mol. The molecule has 5 nitrogen and oxygen atoms in total. The van der Waals surface area contributed by atoms with Gasteiger partial charge in [0.15, 0.2) is 0 Å². The molecule has 0 aliphatic rings. The number of ether oxygens (including phenoxy) is 1. The van der Waals surface area contributed by atoms with E-state index in [0.717, 1.165) is 12.4 Å². The van der Waals surface area contributed by atoms with Gasteiger partial charge in [-0.25, -0.2) is 0 Å². The topological polar surface area (TPSA) is 66.0 Å². The SMILES string of the molecule is COCCn1cnnc1C(C)CN. The standard InChI is InChI=1S/C8H16N4O/c1-7(5-9)8-11-10-6-12(8)3-4-13-2/h6-7H,3-5,9H2,1-2H3. The van der Waals surface area contributed by atoms with Gasteiger partial charge in [-0.1, -0.05) is 6.92 Å². The quantitative estimate of drug-likeness (QED) is 0.698. The summed E-state index contributed by atoms with van der Waals surface area (Å²) in [5.41, 5.74) is 5.55. The van der Waals surface area contributed by atoms with Crippen molar-refractivity contribution in [1.29, 1.82) is 0 Å². The Hall–Kier alpha value is -0.940. The fourth-order valence-electron chi connectivity index (χ4n) is 1.11. The van der Waals surface area contributed by atoms with E-state index in [0.29, 0.717) is 13.2 Å². The lowest BCUT2D eigenvalue weighted by molar-refractivity contribution is 0.186. The van der Waals surface area contributed by atoms with Crippen molar-refractivity contribution < 1.29 is 4.74 Å². The van der Waals surface area contributed by atoms with E-state index < -0.39 is 0 Å². The Labute approximate surface area is 77.9 Å². The third-order valence-electron chi connectivity index (χ3n) is 1.98. The molecule has 0 bridgehead atoms. The van der Waals surface area contributed by atoms with Gasteiger partial charge in [0.1, 0.15) is 12.2 Å². The van der Waals surface area contributed by atoms with Crippen molar-refractivity contribution in [3.63, 3.8) is 0 Å². The average Bonchev–Trinajstić information content (AvgIpc) is 2.61. The van der Waals surface area contributed by atoms with E-state index in [1.807, 2.05) is 11.5 Å². The summed E-state index contributed by atoms with van der Waals surface area (Å²) in [5, 5.41) is 7.86. The van der Waals surface area contributed by atoms with Crippen molar-refractivity contribution in [1.82, 2.24) is 14.8 Å². The van der Waals surface area contributed by atoms with E-state index in [1.165, 1.54) is 0 Å². The number of rotatable bonds is 5. The minimum absolute atomic E-state index is 0.249. The van der Waals surface area contributed by atoms with Crippen LogP contribution in [0.3, 0.4) is 0 Å². The zero-order valence-electron chi connectivity index (χ0n) is 8.10. The van der Waals surface area contributed by atoms with E-state index in [1.54, 1.807) is 13.4 Å². The van der Waals surface area contributed by atoms with E-state index in [4.69, 9.17) is 10.5 Å². The van der Waals surface area contributed by atoms with Gasteiger partial charge < -0.3 is 15.0 Å². The number of hydrogen-bond donors (Lipinski definition) is 1. The zero-order chi connectivity index (χ0) is 9.68.